The number of allylic oxidation sites excluding steroid dienone is 5. The van der Waals surface area contributed by atoms with Crippen LogP contribution in [0.5, 0.6) is 0 Å². The maximum atomic E-state index is 13.5. The number of hydrogen-bond donors (Lipinski definition) is 1. The van der Waals surface area contributed by atoms with Crippen molar-refractivity contribution >= 4 is 25.8 Å². The molecule has 0 saturated carbocycles. The Hall–Kier alpha value is -2.43. The van der Waals surface area contributed by atoms with E-state index in [4.69, 9.17) is 18.6 Å². The highest BCUT2D eigenvalue weighted by atomic mass is 28.4. The molecule has 9 heteroatoms. The van der Waals surface area contributed by atoms with Crippen LogP contribution >= 0.6 is 0 Å². The van der Waals surface area contributed by atoms with Gasteiger partial charge in [-0.25, -0.2) is 0 Å². The van der Waals surface area contributed by atoms with Crippen molar-refractivity contribution < 1.29 is 33.0 Å². The van der Waals surface area contributed by atoms with E-state index in [0.29, 0.717) is 12.0 Å². The van der Waals surface area contributed by atoms with E-state index < -0.39 is 26.1 Å². The summed E-state index contributed by atoms with van der Waals surface area (Å²) in [6.45, 7) is 21.2. The molecule has 0 saturated heterocycles. The van der Waals surface area contributed by atoms with E-state index in [1.54, 1.807) is 27.2 Å². The first-order valence-electron chi connectivity index (χ1n) is 15.5. The molecule has 0 aromatic carbocycles. The largest absolute Gasteiger partial charge is 0.410 e. The van der Waals surface area contributed by atoms with E-state index in [0.717, 1.165) is 11.6 Å². The number of carbonyl (C=O) groups excluding carboxylic acids is 3. The van der Waals surface area contributed by atoms with Gasteiger partial charge in [-0.2, -0.15) is 0 Å². The van der Waals surface area contributed by atoms with Crippen LogP contribution in [0, 0.1) is 17.8 Å². The molecule has 0 fully saturated rings. The van der Waals surface area contributed by atoms with Crippen LogP contribution in [0.25, 0.3) is 0 Å². The van der Waals surface area contributed by atoms with Gasteiger partial charge in [-0.3, -0.25) is 14.4 Å². The van der Waals surface area contributed by atoms with Crippen LogP contribution in [0.3, 0.4) is 0 Å². The number of fused-ring (bicyclic) bond motifs is 2. The molecule has 1 aliphatic heterocycles. The predicted octanol–water partition coefficient (Wildman–Crippen LogP) is 6.26. The summed E-state index contributed by atoms with van der Waals surface area (Å²) in [5.41, 5.74) is 1.64. The summed E-state index contributed by atoms with van der Waals surface area (Å²) in [4.78, 5) is 39.3. The molecule has 0 spiro atoms. The molecular formula is C35H55NO7Si. The van der Waals surface area contributed by atoms with Gasteiger partial charge in [0.2, 0.25) is 5.78 Å². The molecule has 2 rings (SSSR count). The minimum atomic E-state index is -2.15. The van der Waals surface area contributed by atoms with Gasteiger partial charge in [-0.05, 0) is 56.0 Å². The quantitative estimate of drug-likeness (QED) is 0.218. The van der Waals surface area contributed by atoms with E-state index in [1.165, 1.54) is 13.2 Å². The third-order valence-electron chi connectivity index (χ3n) is 9.28. The molecule has 0 radical (unpaired) electrons. The van der Waals surface area contributed by atoms with Crippen molar-refractivity contribution in [1.82, 2.24) is 5.32 Å². The molecule has 1 heterocycles. The van der Waals surface area contributed by atoms with Gasteiger partial charge in [0.15, 0.2) is 14.1 Å². The molecule has 1 aliphatic carbocycles. The lowest BCUT2D eigenvalue weighted by molar-refractivity contribution is -0.120. The van der Waals surface area contributed by atoms with Gasteiger partial charge in [-0.15, -0.1) is 0 Å². The van der Waals surface area contributed by atoms with Gasteiger partial charge < -0.3 is 24.0 Å². The number of ether oxygens (including phenoxy) is 3. The number of Topliss-reactive ketones (excluding diaryl/α,β-unsaturated/α-hetero) is 1. The SMILES string of the molecule is CO[C@H]1[C@@H](OC)C[C@H](C)[C@@H](OC)C2=CC(=O)C=C(NC(=O)/C(C)=C/C=C\[C@H](C)[C@@H](O[Si](C)(C)C(C)(C)C)/C(C)=C/[C@@H]1C)C2=O. The third kappa shape index (κ3) is 9.30. The Kier molecular flexibility index (Phi) is 13.5. The fourth-order valence-electron chi connectivity index (χ4n) is 5.64. The highest BCUT2D eigenvalue weighted by molar-refractivity contribution is 6.74. The van der Waals surface area contributed by atoms with Gasteiger partial charge in [0, 0.05) is 50.4 Å². The van der Waals surface area contributed by atoms with Crippen molar-refractivity contribution in [1.29, 1.82) is 0 Å². The average molecular weight is 630 g/mol. The molecule has 1 amide bonds. The Labute approximate surface area is 266 Å². The van der Waals surface area contributed by atoms with Gasteiger partial charge in [-0.1, -0.05) is 65.8 Å². The number of amides is 1. The zero-order valence-corrected chi connectivity index (χ0v) is 30.1. The molecule has 0 aromatic rings. The van der Waals surface area contributed by atoms with Crippen LogP contribution < -0.4 is 5.32 Å². The highest BCUT2D eigenvalue weighted by Crippen LogP contribution is 2.39. The summed E-state index contributed by atoms with van der Waals surface area (Å²) >= 11 is 0. The average Bonchev–Trinajstić information content (AvgIpc) is 2.92. The molecule has 0 unspecified atom stereocenters. The molecule has 8 nitrogen and oxygen atoms in total. The van der Waals surface area contributed by atoms with Crippen molar-refractivity contribution in [2.45, 2.75) is 104 Å². The van der Waals surface area contributed by atoms with Crippen LogP contribution in [-0.4, -0.2) is 71.5 Å². The van der Waals surface area contributed by atoms with Crippen molar-refractivity contribution in [2.24, 2.45) is 17.8 Å². The Morgan fingerprint density at radius 1 is 0.886 bits per heavy atom. The summed E-state index contributed by atoms with van der Waals surface area (Å²) in [6, 6.07) is 0. The number of methoxy groups -OCH3 is 3. The number of carbonyl (C=O) groups is 3. The number of rotatable bonds is 5. The van der Waals surface area contributed by atoms with Gasteiger partial charge >= 0.3 is 0 Å². The fourth-order valence-corrected chi connectivity index (χ4v) is 7.03. The van der Waals surface area contributed by atoms with Crippen LogP contribution in [0.1, 0.15) is 61.8 Å². The van der Waals surface area contributed by atoms with Crippen molar-refractivity contribution in [3.8, 4) is 0 Å². The van der Waals surface area contributed by atoms with Gasteiger partial charge in [0.25, 0.3) is 5.91 Å². The molecule has 1 N–H and O–H groups in total. The standard InChI is InChI=1S/C35H55NO7Si/c1-21-15-14-16-22(2)34(39)36-28-20-26(37)19-27(30(28)38)32(41-10)25(5)18-29(40-9)33(42-11)24(4)17-23(3)31(21)43-44(12,13)35(6,7)8/h14-17,19-21,24-25,29,31-33H,18H2,1-13H3,(H,36,39)/b15-14-,22-16+,23-17+/t21-,24-,25-,29-,31+,32+,33+/m0/s1. The van der Waals surface area contributed by atoms with Gasteiger partial charge in [0.1, 0.15) is 0 Å². The summed E-state index contributed by atoms with van der Waals surface area (Å²) < 4.78 is 24.8. The normalized spacial score (nSPS) is 33.4. The first-order chi connectivity index (χ1) is 20.4. The molecule has 7 atom stereocenters. The summed E-state index contributed by atoms with van der Waals surface area (Å²) in [5.74, 6) is -1.54. The monoisotopic (exact) mass is 629 g/mol. The second kappa shape index (κ2) is 15.7. The lowest BCUT2D eigenvalue weighted by atomic mass is 9.83. The Bertz CT molecular complexity index is 1220. The first kappa shape index (κ1) is 37.8. The third-order valence-corrected chi connectivity index (χ3v) is 13.7. The maximum absolute atomic E-state index is 13.5. The maximum Gasteiger partial charge on any atom is 0.251 e. The molecule has 2 bridgehead atoms. The predicted molar refractivity (Wildman–Crippen MR) is 178 cm³/mol. The second-order valence-corrected chi connectivity index (χ2v) is 18.6. The zero-order chi connectivity index (χ0) is 33.6. The summed E-state index contributed by atoms with van der Waals surface area (Å²) in [5, 5.41) is 2.67. The second-order valence-electron chi connectivity index (χ2n) is 13.8. The topological polar surface area (TPSA) is 100 Å². The molecule has 44 heavy (non-hydrogen) atoms. The zero-order valence-electron chi connectivity index (χ0n) is 29.1. The van der Waals surface area contributed by atoms with E-state index in [-0.39, 0.29) is 58.2 Å². The minimum absolute atomic E-state index is 0.00332. The van der Waals surface area contributed by atoms with E-state index >= 15 is 0 Å². The van der Waals surface area contributed by atoms with Gasteiger partial charge in [0.05, 0.1) is 30.1 Å². The lowest BCUT2D eigenvalue weighted by Crippen LogP contribution is -2.46. The number of nitrogens with one attached hydrogen (secondary N) is 1. The van der Waals surface area contributed by atoms with Crippen LogP contribution in [0.2, 0.25) is 18.1 Å². The first-order valence-corrected chi connectivity index (χ1v) is 18.4. The number of ketones is 2. The van der Waals surface area contributed by atoms with E-state index in [1.807, 2.05) is 19.1 Å². The molecule has 246 valence electrons. The smallest absolute Gasteiger partial charge is 0.251 e. The Morgan fingerprint density at radius 2 is 1.52 bits per heavy atom. The van der Waals surface area contributed by atoms with Crippen LogP contribution in [0.15, 0.2) is 58.9 Å². The molecule has 0 aromatic heterocycles. The Morgan fingerprint density at radius 3 is 2.07 bits per heavy atom. The van der Waals surface area contributed by atoms with Crippen molar-refractivity contribution in [3.05, 3.63) is 58.9 Å². The Balaban J connectivity index is 2.68. The van der Waals surface area contributed by atoms with Crippen LogP contribution in [-0.2, 0) is 33.0 Å². The molecular weight excluding hydrogens is 574 g/mol. The number of hydrogen-bond acceptors (Lipinski definition) is 7. The van der Waals surface area contributed by atoms with E-state index in [2.05, 4.69) is 66.0 Å². The highest BCUT2D eigenvalue weighted by Gasteiger charge is 2.41. The summed E-state index contributed by atoms with van der Waals surface area (Å²) in [7, 11) is 2.70. The van der Waals surface area contributed by atoms with Crippen molar-refractivity contribution in [2.75, 3.05) is 21.3 Å². The fraction of sp³-hybridized carbons (Fsp3) is 0.629. The summed E-state index contributed by atoms with van der Waals surface area (Å²) in [6.07, 6.45) is 9.26. The minimum Gasteiger partial charge on any atom is -0.410 e. The molecule has 2 aliphatic rings. The lowest BCUT2D eigenvalue weighted by Gasteiger charge is -2.41. The van der Waals surface area contributed by atoms with E-state index in [9.17, 15) is 14.4 Å². The van der Waals surface area contributed by atoms with Crippen LogP contribution in [0.4, 0.5) is 0 Å². The van der Waals surface area contributed by atoms with Crippen molar-refractivity contribution in [3.63, 3.8) is 0 Å².